The molecule has 0 saturated heterocycles. The monoisotopic (exact) mass is 596 g/mol. The second-order valence-corrected chi connectivity index (χ2v) is 10.2. The van der Waals surface area contributed by atoms with Crippen LogP contribution in [0.4, 0.5) is 36.1 Å². The molecule has 3 aromatic carbocycles. The van der Waals surface area contributed by atoms with Gasteiger partial charge in [-0.2, -0.15) is 13.2 Å². The molecule has 0 radical (unpaired) electrons. The SMILES string of the molecule is COc1c(CC(=O)N(C)C)cccc1N(C)c1ccc2nc(C)nc(N[C@H](C)c3cc([N+](=O)[O-])cc(C(F)(F)F)c3)c2c1. The van der Waals surface area contributed by atoms with E-state index in [4.69, 9.17) is 4.74 Å². The lowest BCUT2D eigenvalue weighted by atomic mass is 10.0. The Hall–Kier alpha value is -4.94. The topological polar surface area (TPSA) is 114 Å². The van der Waals surface area contributed by atoms with Gasteiger partial charge >= 0.3 is 6.18 Å². The summed E-state index contributed by atoms with van der Waals surface area (Å²) in [7, 11) is 6.74. The minimum atomic E-state index is -4.75. The number of likely N-dealkylation sites (N-methyl/N-ethyl adjacent to an activating group) is 1. The number of fused-ring (bicyclic) bond motifs is 1. The van der Waals surface area contributed by atoms with Gasteiger partial charge < -0.3 is 19.9 Å². The Morgan fingerprint density at radius 1 is 1.09 bits per heavy atom. The molecule has 43 heavy (non-hydrogen) atoms. The number of nitrogens with one attached hydrogen (secondary N) is 1. The van der Waals surface area contributed by atoms with Gasteiger partial charge in [0.2, 0.25) is 5.91 Å². The van der Waals surface area contributed by atoms with E-state index in [2.05, 4.69) is 15.3 Å². The van der Waals surface area contributed by atoms with Crippen molar-refractivity contribution in [1.29, 1.82) is 0 Å². The van der Waals surface area contributed by atoms with Gasteiger partial charge in [0.1, 0.15) is 17.4 Å². The third-order valence-electron chi connectivity index (χ3n) is 6.99. The predicted molar refractivity (Wildman–Crippen MR) is 158 cm³/mol. The second-order valence-electron chi connectivity index (χ2n) is 10.2. The van der Waals surface area contributed by atoms with Crippen molar-refractivity contribution >= 4 is 39.7 Å². The third kappa shape index (κ3) is 6.76. The lowest BCUT2D eigenvalue weighted by Gasteiger charge is -2.24. The molecular formula is C30H31F3N6O4. The molecule has 0 aliphatic rings. The summed E-state index contributed by atoms with van der Waals surface area (Å²) in [5, 5.41) is 15.1. The lowest BCUT2D eigenvalue weighted by molar-refractivity contribution is -0.385. The molecule has 1 aromatic heterocycles. The third-order valence-corrected chi connectivity index (χ3v) is 6.99. The molecule has 226 valence electrons. The molecule has 1 atom stereocenters. The van der Waals surface area contributed by atoms with Crippen LogP contribution in [0.5, 0.6) is 5.75 Å². The minimum absolute atomic E-state index is 0.0766. The van der Waals surface area contributed by atoms with E-state index in [1.807, 2.05) is 42.3 Å². The highest BCUT2D eigenvalue weighted by Crippen LogP contribution is 2.38. The molecule has 0 spiro atoms. The van der Waals surface area contributed by atoms with Crippen LogP contribution >= 0.6 is 0 Å². The van der Waals surface area contributed by atoms with Crippen molar-refractivity contribution in [2.24, 2.45) is 0 Å². The Balaban J connectivity index is 1.74. The number of carbonyl (C=O) groups is 1. The molecule has 1 heterocycles. The van der Waals surface area contributed by atoms with Gasteiger partial charge in [0.15, 0.2) is 0 Å². The first-order valence-corrected chi connectivity index (χ1v) is 13.2. The van der Waals surface area contributed by atoms with Crippen LogP contribution in [0, 0.1) is 17.0 Å². The number of anilines is 3. The Morgan fingerprint density at radius 3 is 2.44 bits per heavy atom. The quantitative estimate of drug-likeness (QED) is 0.173. The molecule has 4 aromatic rings. The fourth-order valence-corrected chi connectivity index (χ4v) is 4.66. The second kappa shape index (κ2) is 12.1. The smallest absolute Gasteiger partial charge is 0.416 e. The Bertz CT molecular complexity index is 1690. The number of alkyl halides is 3. The Labute approximate surface area is 246 Å². The number of non-ortho nitro benzene ring substituents is 1. The summed E-state index contributed by atoms with van der Waals surface area (Å²) < 4.78 is 46.2. The molecule has 0 unspecified atom stereocenters. The first-order valence-electron chi connectivity index (χ1n) is 13.2. The number of rotatable bonds is 9. The molecule has 0 saturated carbocycles. The summed E-state index contributed by atoms with van der Waals surface area (Å²) in [6, 6.07) is 12.8. The number of hydrogen-bond acceptors (Lipinski definition) is 8. The summed E-state index contributed by atoms with van der Waals surface area (Å²) in [4.78, 5) is 35.3. The number of amides is 1. The van der Waals surface area contributed by atoms with Gasteiger partial charge in [-0.3, -0.25) is 14.9 Å². The van der Waals surface area contributed by atoms with Crippen LogP contribution in [0.15, 0.2) is 54.6 Å². The highest BCUT2D eigenvalue weighted by atomic mass is 19.4. The number of para-hydroxylation sites is 1. The standard InChI is InChI=1S/C30H31F3N6O4/c1-17(20-12-21(30(31,32)33)15-23(13-20)39(41)42)34-29-24-16-22(10-11-25(24)35-18(2)36-29)38(5)26-9-7-8-19(28(26)43-6)14-27(40)37(3)4/h7-13,15-17H,14H2,1-6H3,(H,34,35,36)/t17-/m1/s1. The average molecular weight is 597 g/mol. The van der Waals surface area contributed by atoms with Gasteiger partial charge in [0.05, 0.1) is 41.3 Å². The normalized spacial score (nSPS) is 12.1. The number of nitro benzene ring substituents is 1. The van der Waals surface area contributed by atoms with Crippen molar-refractivity contribution in [1.82, 2.24) is 14.9 Å². The fourth-order valence-electron chi connectivity index (χ4n) is 4.66. The van der Waals surface area contributed by atoms with Crippen LogP contribution < -0.4 is 15.0 Å². The molecule has 4 rings (SSSR count). The number of methoxy groups -OCH3 is 1. The van der Waals surface area contributed by atoms with E-state index in [1.54, 1.807) is 34.0 Å². The number of hydrogen-bond donors (Lipinski definition) is 1. The zero-order valence-electron chi connectivity index (χ0n) is 24.5. The maximum absolute atomic E-state index is 13.5. The summed E-state index contributed by atoms with van der Waals surface area (Å²) in [5.41, 5.74) is 1.05. The van der Waals surface area contributed by atoms with Crippen molar-refractivity contribution in [2.75, 3.05) is 38.5 Å². The molecule has 1 N–H and O–H groups in total. The average Bonchev–Trinajstić information content (AvgIpc) is 2.95. The van der Waals surface area contributed by atoms with E-state index < -0.39 is 28.4 Å². The van der Waals surface area contributed by atoms with Crippen molar-refractivity contribution in [3.05, 3.63) is 87.2 Å². The van der Waals surface area contributed by atoms with Crippen LogP contribution in [-0.4, -0.2) is 54.0 Å². The summed E-state index contributed by atoms with van der Waals surface area (Å²) in [6.07, 6.45) is -4.60. The van der Waals surface area contributed by atoms with Crippen LogP contribution in [0.25, 0.3) is 10.9 Å². The largest absolute Gasteiger partial charge is 0.494 e. The van der Waals surface area contributed by atoms with E-state index in [0.717, 1.165) is 23.4 Å². The maximum Gasteiger partial charge on any atom is 0.416 e. The molecule has 13 heteroatoms. The molecule has 0 bridgehead atoms. The van der Waals surface area contributed by atoms with Crippen molar-refractivity contribution in [3.63, 3.8) is 0 Å². The van der Waals surface area contributed by atoms with Crippen LogP contribution in [0.3, 0.4) is 0 Å². The van der Waals surface area contributed by atoms with E-state index >= 15 is 0 Å². The predicted octanol–water partition coefficient (Wildman–Crippen LogP) is 6.45. The highest BCUT2D eigenvalue weighted by molar-refractivity contribution is 5.93. The van der Waals surface area contributed by atoms with Gasteiger partial charge in [-0.05, 0) is 49.7 Å². The minimum Gasteiger partial charge on any atom is -0.494 e. The Kier molecular flexibility index (Phi) is 8.74. The number of aromatic nitrogens is 2. The molecular weight excluding hydrogens is 565 g/mol. The molecule has 0 aliphatic carbocycles. The molecule has 10 nitrogen and oxygen atoms in total. The number of aryl methyl sites for hydroxylation is 1. The molecule has 0 fully saturated rings. The first kappa shape index (κ1) is 31.0. The highest BCUT2D eigenvalue weighted by Gasteiger charge is 2.33. The van der Waals surface area contributed by atoms with Gasteiger partial charge in [-0.1, -0.05) is 12.1 Å². The number of nitrogens with zero attached hydrogens (tertiary/aromatic N) is 5. The number of nitro groups is 1. The zero-order chi connectivity index (χ0) is 31.6. The molecule has 1 amide bonds. The lowest BCUT2D eigenvalue weighted by Crippen LogP contribution is -2.24. The van der Waals surface area contributed by atoms with E-state index in [1.165, 1.54) is 12.0 Å². The fraction of sp³-hybridized carbons (Fsp3) is 0.300. The van der Waals surface area contributed by atoms with Crippen molar-refractivity contribution in [2.45, 2.75) is 32.5 Å². The maximum atomic E-state index is 13.5. The van der Waals surface area contributed by atoms with Gasteiger partial charge in [-0.25, -0.2) is 9.97 Å². The number of benzene rings is 3. The first-order chi connectivity index (χ1) is 20.2. The van der Waals surface area contributed by atoms with E-state index in [0.29, 0.717) is 40.0 Å². The van der Waals surface area contributed by atoms with Gasteiger partial charge in [-0.15, -0.1) is 0 Å². The Morgan fingerprint density at radius 2 is 1.81 bits per heavy atom. The number of halogens is 3. The van der Waals surface area contributed by atoms with E-state index in [-0.39, 0.29) is 17.9 Å². The summed E-state index contributed by atoms with van der Waals surface area (Å²) in [6.45, 7) is 3.29. The van der Waals surface area contributed by atoms with Crippen LogP contribution in [-0.2, 0) is 17.4 Å². The van der Waals surface area contributed by atoms with Crippen LogP contribution in [0.1, 0.15) is 35.5 Å². The van der Waals surface area contributed by atoms with Crippen molar-refractivity contribution in [3.8, 4) is 5.75 Å². The van der Waals surface area contributed by atoms with Gasteiger partial charge in [0, 0.05) is 49.9 Å². The zero-order valence-corrected chi connectivity index (χ0v) is 24.5. The summed E-state index contributed by atoms with van der Waals surface area (Å²) >= 11 is 0. The van der Waals surface area contributed by atoms with Gasteiger partial charge in [0.25, 0.3) is 5.69 Å². The number of carbonyl (C=O) groups excluding carboxylic acids is 1. The van der Waals surface area contributed by atoms with Crippen molar-refractivity contribution < 1.29 is 27.6 Å². The number of ether oxygens (including phenoxy) is 1. The molecule has 0 aliphatic heterocycles. The summed E-state index contributed by atoms with van der Waals surface area (Å²) in [5.74, 6) is 1.24. The van der Waals surface area contributed by atoms with E-state index in [9.17, 15) is 28.1 Å². The van der Waals surface area contributed by atoms with Crippen LogP contribution in [0.2, 0.25) is 0 Å².